The van der Waals surface area contributed by atoms with Gasteiger partial charge in [0.25, 0.3) is 5.82 Å². The monoisotopic (exact) mass is 354 g/mol. The van der Waals surface area contributed by atoms with Crippen LogP contribution in [0.5, 0.6) is 0 Å². The number of nitrogens with zero attached hydrogens (tertiary/aromatic N) is 3. The summed E-state index contributed by atoms with van der Waals surface area (Å²) in [7, 11) is 0. The Morgan fingerprint density at radius 2 is 2.04 bits per heavy atom. The fourth-order valence-corrected chi connectivity index (χ4v) is 3.92. The van der Waals surface area contributed by atoms with Gasteiger partial charge in [0, 0.05) is 11.8 Å². The number of urea groups is 1. The first-order chi connectivity index (χ1) is 12.2. The number of aromatic amines is 1. The van der Waals surface area contributed by atoms with Crippen molar-refractivity contribution in [2.75, 3.05) is 36.4 Å². The van der Waals surface area contributed by atoms with E-state index in [1.54, 1.807) is 11.3 Å². The molecular weight excluding hydrogens is 334 g/mol. The maximum absolute atomic E-state index is 12.5. The Morgan fingerprint density at radius 3 is 2.80 bits per heavy atom. The van der Waals surface area contributed by atoms with E-state index in [1.807, 2.05) is 48.4 Å². The number of pyridine rings is 1. The van der Waals surface area contributed by atoms with Crippen molar-refractivity contribution in [1.29, 1.82) is 0 Å². The highest BCUT2D eigenvalue weighted by atomic mass is 32.1. The third kappa shape index (κ3) is 3.41. The molecule has 3 heterocycles. The first-order valence-corrected chi connectivity index (χ1v) is 9.15. The summed E-state index contributed by atoms with van der Waals surface area (Å²) in [5.41, 5.74) is 1.80. The zero-order valence-electron chi connectivity index (χ0n) is 14.0. The number of hydrogen-bond acceptors (Lipinski definition) is 4. The van der Waals surface area contributed by atoms with Crippen LogP contribution in [0.3, 0.4) is 0 Å². The number of benzene rings is 1. The molecule has 4 rings (SSSR count). The molecule has 6 nitrogen and oxygen atoms in total. The summed E-state index contributed by atoms with van der Waals surface area (Å²) in [6, 6.07) is 11.9. The van der Waals surface area contributed by atoms with Crippen molar-refractivity contribution < 1.29 is 9.78 Å². The molecule has 1 fully saturated rings. The molecule has 1 saturated heterocycles. The predicted octanol–water partition coefficient (Wildman–Crippen LogP) is 2.77. The van der Waals surface area contributed by atoms with Crippen molar-refractivity contribution in [3.8, 4) is 0 Å². The van der Waals surface area contributed by atoms with Crippen molar-refractivity contribution in [2.24, 2.45) is 0 Å². The first-order valence-electron chi connectivity index (χ1n) is 8.34. The Kier molecular flexibility index (Phi) is 4.23. The van der Waals surface area contributed by atoms with E-state index in [1.165, 1.54) is 0 Å². The Balaban J connectivity index is 1.38. The van der Waals surface area contributed by atoms with E-state index < -0.39 is 0 Å². The number of carbonyl (C=O) groups is 1. The highest BCUT2D eigenvalue weighted by molar-refractivity contribution is 7.18. The van der Waals surface area contributed by atoms with Crippen LogP contribution >= 0.6 is 11.3 Å². The van der Waals surface area contributed by atoms with E-state index in [0.717, 1.165) is 39.8 Å². The van der Waals surface area contributed by atoms with Gasteiger partial charge in [-0.05, 0) is 31.2 Å². The minimum Gasteiger partial charge on any atom is -0.317 e. The lowest BCUT2D eigenvalue weighted by Gasteiger charge is -2.31. The van der Waals surface area contributed by atoms with E-state index in [0.29, 0.717) is 13.1 Å². The van der Waals surface area contributed by atoms with Gasteiger partial charge in [-0.1, -0.05) is 6.07 Å². The second-order valence-electron chi connectivity index (χ2n) is 6.07. The van der Waals surface area contributed by atoms with E-state index in [2.05, 4.69) is 26.3 Å². The molecule has 0 aliphatic carbocycles. The zero-order chi connectivity index (χ0) is 17.2. The van der Waals surface area contributed by atoms with E-state index in [9.17, 15) is 4.79 Å². The van der Waals surface area contributed by atoms with Gasteiger partial charge in [0.05, 0.1) is 34.5 Å². The molecule has 1 aliphatic rings. The molecule has 0 atom stereocenters. The number of amides is 2. The summed E-state index contributed by atoms with van der Waals surface area (Å²) in [6.07, 6.45) is 1.92. The van der Waals surface area contributed by atoms with E-state index in [-0.39, 0.29) is 6.03 Å². The second kappa shape index (κ2) is 6.68. The molecule has 0 saturated carbocycles. The fourth-order valence-electron chi connectivity index (χ4n) is 3.05. The van der Waals surface area contributed by atoms with E-state index in [4.69, 9.17) is 0 Å². The molecule has 2 aromatic heterocycles. The fraction of sp³-hybridized carbons (Fsp3) is 0.278. The lowest BCUT2D eigenvalue weighted by molar-refractivity contribution is -0.364. The van der Waals surface area contributed by atoms with Crippen LogP contribution < -0.4 is 15.2 Å². The molecule has 0 spiro atoms. The number of hydrogen-bond donors (Lipinski definition) is 1. The molecule has 25 heavy (non-hydrogen) atoms. The van der Waals surface area contributed by atoms with E-state index >= 15 is 0 Å². The Bertz CT molecular complexity index is 887. The number of aromatic nitrogens is 2. The van der Waals surface area contributed by atoms with Crippen LogP contribution in [0.4, 0.5) is 16.3 Å². The van der Waals surface area contributed by atoms with Crippen LogP contribution in [-0.4, -0.2) is 42.1 Å². The molecule has 3 aromatic rings. The number of aryl methyl sites for hydroxylation is 1. The third-order valence-electron chi connectivity index (χ3n) is 4.35. The summed E-state index contributed by atoms with van der Waals surface area (Å²) in [5, 5.41) is 4.04. The summed E-state index contributed by atoms with van der Waals surface area (Å²) in [4.78, 5) is 24.3. The van der Waals surface area contributed by atoms with Gasteiger partial charge >= 0.3 is 6.03 Å². The Labute approximate surface area is 150 Å². The van der Waals surface area contributed by atoms with Gasteiger partial charge in [0.1, 0.15) is 13.1 Å². The number of fused-ring (bicyclic) bond motifs is 1. The molecular formula is C18H20N5OS+. The van der Waals surface area contributed by atoms with Crippen molar-refractivity contribution in [1.82, 2.24) is 9.88 Å². The quantitative estimate of drug-likeness (QED) is 0.770. The molecule has 0 unspecified atom stereocenters. The van der Waals surface area contributed by atoms with Crippen molar-refractivity contribution >= 4 is 39.1 Å². The standard InChI is InChI=1S/C18H19N5OS/c1-13-20-15-6-5-14(12-16(15)25-13)21-18(24)23-10-8-22(9-11-23)17-4-2-3-7-19-17/h2-7,12H,8-11H2,1H3,(H,21,24)/p+1. The van der Waals surface area contributed by atoms with Crippen LogP contribution in [0, 0.1) is 6.92 Å². The maximum atomic E-state index is 12.5. The maximum Gasteiger partial charge on any atom is 0.322 e. The summed E-state index contributed by atoms with van der Waals surface area (Å²) in [5.74, 6) is 1.09. The highest BCUT2D eigenvalue weighted by Crippen LogP contribution is 2.25. The number of nitrogens with one attached hydrogen (secondary N) is 2. The average Bonchev–Trinajstić information content (AvgIpc) is 3.02. The minimum absolute atomic E-state index is 0.0442. The lowest BCUT2D eigenvalue weighted by Crippen LogP contribution is -2.51. The topological polar surface area (TPSA) is 62.6 Å². The Hall–Kier alpha value is -2.67. The largest absolute Gasteiger partial charge is 0.322 e. The average molecular weight is 354 g/mol. The van der Waals surface area contributed by atoms with Gasteiger partial charge in [-0.25, -0.2) is 14.8 Å². The Morgan fingerprint density at radius 1 is 1.20 bits per heavy atom. The number of H-pyrrole nitrogens is 1. The smallest absolute Gasteiger partial charge is 0.317 e. The minimum atomic E-state index is -0.0442. The first kappa shape index (κ1) is 15.8. The van der Waals surface area contributed by atoms with Gasteiger partial charge in [0.15, 0.2) is 0 Å². The number of piperazine rings is 1. The molecule has 1 aromatic carbocycles. The van der Waals surface area contributed by atoms with Gasteiger partial charge < -0.3 is 10.2 Å². The van der Waals surface area contributed by atoms with Crippen LogP contribution in [0.2, 0.25) is 0 Å². The molecule has 1 aliphatic heterocycles. The zero-order valence-corrected chi connectivity index (χ0v) is 14.8. The number of anilines is 2. The van der Waals surface area contributed by atoms with Gasteiger partial charge in [-0.15, -0.1) is 11.3 Å². The molecule has 128 valence electrons. The molecule has 2 N–H and O–H groups in total. The number of carbonyl (C=O) groups excluding carboxylic acids is 1. The molecule has 0 radical (unpaired) electrons. The van der Waals surface area contributed by atoms with Crippen molar-refractivity contribution in [2.45, 2.75) is 6.92 Å². The van der Waals surface area contributed by atoms with Gasteiger partial charge in [0.2, 0.25) is 0 Å². The number of thiazole rings is 1. The number of rotatable bonds is 2. The molecule has 0 bridgehead atoms. The van der Waals surface area contributed by atoms with Gasteiger partial charge in [-0.2, -0.15) is 0 Å². The highest BCUT2D eigenvalue weighted by Gasteiger charge is 2.26. The normalized spacial score (nSPS) is 14.8. The van der Waals surface area contributed by atoms with Crippen LogP contribution in [-0.2, 0) is 0 Å². The van der Waals surface area contributed by atoms with Gasteiger partial charge in [-0.3, -0.25) is 4.90 Å². The van der Waals surface area contributed by atoms with Crippen LogP contribution in [0.1, 0.15) is 5.01 Å². The lowest BCUT2D eigenvalue weighted by atomic mass is 10.3. The SMILES string of the molecule is Cc1nc2ccc(NC(=O)N3CCN(c4cccc[nH+]4)CC3)cc2s1. The summed E-state index contributed by atoms with van der Waals surface area (Å²) < 4.78 is 1.10. The summed E-state index contributed by atoms with van der Waals surface area (Å²) in [6.45, 7) is 5.04. The predicted molar refractivity (Wildman–Crippen MR) is 100 cm³/mol. The second-order valence-corrected chi connectivity index (χ2v) is 7.30. The van der Waals surface area contributed by atoms with Crippen molar-refractivity contribution in [3.05, 3.63) is 47.6 Å². The van der Waals surface area contributed by atoms with Crippen LogP contribution in [0.15, 0.2) is 42.6 Å². The summed E-state index contributed by atoms with van der Waals surface area (Å²) >= 11 is 1.64. The van der Waals surface area contributed by atoms with Crippen LogP contribution in [0.25, 0.3) is 10.2 Å². The third-order valence-corrected chi connectivity index (χ3v) is 5.28. The molecule has 7 heteroatoms. The van der Waals surface area contributed by atoms with Crippen molar-refractivity contribution in [3.63, 3.8) is 0 Å². The molecule has 2 amide bonds.